The van der Waals surface area contributed by atoms with Crippen molar-refractivity contribution in [3.63, 3.8) is 0 Å². The monoisotopic (exact) mass is 511 g/mol. The zero-order valence-electron chi connectivity index (χ0n) is 20.7. The lowest BCUT2D eigenvalue weighted by Crippen LogP contribution is -2.54. The van der Waals surface area contributed by atoms with Crippen LogP contribution in [0.5, 0.6) is 0 Å². The Morgan fingerprint density at radius 1 is 1.19 bits per heavy atom. The van der Waals surface area contributed by atoms with Gasteiger partial charge in [0.25, 0.3) is 5.91 Å². The van der Waals surface area contributed by atoms with Crippen molar-refractivity contribution >= 4 is 21.6 Å². The van der Waals surface area contributed by atoms with Gasteiger partial charge in [0.05, 0.1) is 28.9 Å². The Hall–Kier alpha value is -3.21. The lowest BCUT2D eigenvalue weighted by atomic mass is 9.82. The van der Waals surface area contributed by atoms with Gasteiger partial charge in [-0.05, 0) is 68.1 Å². The van der Waals surface area contributed by atoms with E-state index < -0.39 is 27.7 Å². The average molecular weight is 512 g/mol. The fraction of sp³-hybridized carbons (Fsp3) is 0.385. The number of sulfonamides is 1. The highest BCUT2D eigenvalue weighted by Gasteiger charge is 2.43. The Morgan fingerprint density at radius 3 is 2.61 bits per heavy atom. The molecule has 1 aliphatic rings. The third-order valence-corrected chi connectivity index (χ3v) is 7.98. The van der Waals surface area contributed by atoms with E-state index >= 15 is 0 Å². The summed E-state index contributed by atoms with van der Waals surface area (Å²) in [4.78, 5) is 16.9. The summed E-state index contributed by atoms with van der Waals surface area (Å²) in [7, 11) is -3.93. The predicted molar refractivity (Wildman–Crippen MR) is 138 cm³/mol. The van der Waals surface area contributed by atoms with Crippen LogP contribution in [0.25, 0.3) is 0 Å². The van der Waals surface area contributed by atoms with Crippen LogP contribution < -0.4 is 15.4 Å². The van der Waals surface area contributed by atoms with Crippen molar-refractivity contribution in [2.75, 3.05) is 11.9 Å². The van der Waals surface area contributed by atoms with Gasteiger partial charge in [0.15, 0.2) is 0 Å². The number of rotatable bonds is 9. The molecule has 0 fully saturated rings. The summed E-state index contributed by atoms with van der Waals surface area (Å²) in [5, 5.41) is 17.3. The number of imidazole rings is 1. The van der Waals surface area contributed by atoms with E-state index in [1.807, 2.05) is 17.7 Å². The molecule has 0 radical (unpaired) electrons. The Bertz CT molecular complexity index is 1300. The molecule has 192 valence electrons. The number of hydrogen-bond acceptors (Lipinski definition) is 6. The minimum atomic E-state index is -3.93. The van der Waals surface area contributed by atoms with E-state index in [1.165, 1.54) is 0 Å². The van der Waals surface area contributed by atoms with Crippen LogP contribution in [-0.2, 0) is 23.0 Å². The van der Waals surface area contributed by atoms with Crippen molar-refractivity contribution in [3.05, 3.63) is 77.9 Å². The van der Waals surface area contributed by atoms with Crippen molar-refractivity contribution < 1.29 is 18.3 Å². The fourth-order valence-electron chi connectivity index (χ4n) is 4.33. The topological polar surface area (TPSA) is 125 Å². The van der Waals surface area contributed by atoms with Crippen LogP contribution in [0.15, 0.2) is 66.1 Å². The third kappa shape index (κ3) is 5.61. The molecule has 0 aliphatic carbocycles. The molecular weight excluding hydrogens is 478 g/mol. The normalized spacial score (nSPS) is 18.8. The van der Waals surface area contributed by atoms with Gasteiger partial charge in [0.2, 0.25) is 10.0 Å². The van der Waals surface area contributed by atoms with E-state index in [9.17, 15) is 18.3 Å². The highest BCUT2D eigenvalue weighted by atomic mass is 32.2. The van der Waals surface area contributed by atoms with Gasteiger partial charge in [-0.25, -0.2) is 18.1 Å². The van der Waals surface area contributed by atoms with Crippen LogP contribution in [-0.4, -0.2) is 47.2 Å². The van der Waals surface area contributed by atoms with Crippen LogP contribution in [0.4, 0.5) is 5.69 Å². The van der Waals surface area contributed by atoms with Crippen molar-refractivity contribution in [2.24, 2.45) is 0 Å². The van der Waals surface area contributed by atoms with Crippen LogP contribution in [0.3, 0.4) is 0 Å². The van der Waals surface area contributed by atoms with Gasteiger partial charge in [-0.15, -0.1) is 0 Å². The quantitative estimate of drug-likeness (QED) is 0.328. The second-order valence-electron chi connectivity index (χ2n) is 9.60. The lowest BCUT2D eigenvalue weighted by Gasteiger charge is -2.43. The number of carbonyl (C=O) groups excluding carboxylic acids is 1. The van der Waals surface area contributed by atoms with E-state index in [2.05, 4.69) is 20.3 Å². The summed E-state index contributed by atoms with van der Waals surface area (Å²) in [6.07, 6.45) is 5.76. The molecule has 0 unspecified atom stereocenters. The minimum absolute atomic E-state index is 0.122. The first kappa shape index (κ1) is 25.9. The second-order valence-corrected chi connectivity index (χ2v) is 11.3. The van der Waals surface area contributed by atoms with E-state index in [-0.39, 0.29) is 10.8 Å². The zero-order valence-corrected chi connectivity index (χ0v) is 21.5. The molecule has 0 saturated heterocycles. The number of carbonyl (C=O) groups is 1. The first-order valence-electron chi connectivity index (χ1n) is 12.1. The maximum Gasteiger partial charge on any atom is 0.251 e. The summed E-state index contributed by atoms with van der Waals surface area (Å²) < 4.78 is 31.1. The summed E-state index contributed by atoms with van der Waals surface area (Å²) in [5.41, 5.74) is 1.80. The van der Waals surface area contributed by atoms with Gasteiger partial charge in [-0.3, -0.25) is 4.79 Å². The molecule has 0 bridgehead atoms. The number of fused-ring (bicyclic) bond motifs is 1. The smallest absolute Gasteiger partial charge is 0.251 e. The first-order chi connectivity index (χ1) is 17.1. The van der Waals surface area contributed by atoms with Gasteiger partial charge in [0.1, 0.15) is 0 Å². The number of nitrogens with one attached hydrogen (secondary N) is 3. The molecule has 4 rings (SSSR count). The molecular formula is C26H33N5O4S. The van der Waals surface area contributed by atoms with Crippen LogP contribution in [0.2, 0.25) is 0 Å². The van der Waals surface area contributed by atoms with Gasteiger partial charge in [0, 0.05) is 36.7 Å². The second kappa shape index (κ2) is 10.4. The maximum absolute atomic E-state index is 13.2. The number of hydrogen-bond donors (Lipinski definition) is 4. The number of aromatic nitrogens is 2. The number of nitrogens with zero attached hydrogens (tertiary/aromatic N) is 2. The van der Waals surface area contributed by atoms with E-state index in [0.717, 1.165) is 24.9 Å². The Morgan fingerprint density at radius 2 is 1.94 bits per heavy atom. The molecule has 1 aliphatic heterocycles. The molecule has 9 nitrogen and oxygen atoms in total. The van der Waals surface area contributed by atoms with Crippen LogP contribution in [0, 0.1) is 0 Å². The minimum Gasteiger partial charge on any atom is -0.389 e. The molecule has 0 spiro atoms. The summed E-state index contributed by atoms with van der Waals surface area (Å²) >= 11 is 0. The van der Waals surface area contributed by atoms with E-state index in [0.29, 0.717) is 23.4 Å². The standard InChI is InChI=1S/C26H33N5O4S/c1-4-18-6-9-20(10-7-18)36(34,35)30-23-21-16-19(8-11-22(21)29-26(2,3)24(23)32)25(33)28-12-5-14-31-15-13-27-17-31/h6-11,13,15-17,23-24,29-30,32H,4-5,12,14H2,1-3H3,(H,28,33)/t23-,24+/m1/s1. The average Bonchev–Trinajstić information content (AvgIpc) is 3.38. The molecule has 36 heavy (non-hydrogen) atoms. The number of amides is 1. The van der Waals surface area contributed by atoms with Crippen LogP contribution in [0.1, 0.15) is 54.7 Å². The molecule has 1 aromatic heterocycles. The highest BCUT2D eigenvalue weighted by Crippen LogP contribution is 2.39. The Kier molecular flexibility index (Phi) is 7.49. The van der Waals surface area contributed by atoms with Gasteiger partial charge >= 0.3 is 0 Å². The van der Waals surface area contributed by atoms with Gasteiger partial charge in [-0.1, -0.05) is 19.1 Å². The van der Waals surface area contributed by atoms with Crippen LogP contribution >= 0.6 is 0 Å². The number of aryl methyl sites for hydroxylation is 2. The number of anilines is 1. The Labute approximate surface area is 212 Å². The zero-order chi connectivity index (χ0) is 25.9. The first-order valence-corrected chi connectivity index (χ1v) is 13.5. The number of aliphatic hydroxyl groups excluding tert-OH is 1. The van der Waals surface area contributed by atoms with Crippen molar-refractivity contribution in [2.45, 2.75) is 62.7 Å². The van der Waals surface area contributed by atoms with Crippen molar-refractivity contribution in [1.82, 2.24) is 19.6 Å². The van der Waals surface area contributed by atoms with Crippen molar-refractivity contribution in [1.29, 1.82) is 0 Å². The number of benzene rings is 2. The van der Waals surface area contributed by atoms with Gasteiger partial charge < -0.3 is 20.3 Å². The number of aliphatic hydroxyl groups is 1. The molecule has 4 N–H and O–H groups in total. The highest BCUT2D eigenvalue weighted by molar-refractivity contribution is 7.89. The van der Waals surface area contributed by atoms with E-state index in [4.69, 9.17) is 0 Å². The SMILES string of the molecule is CCc1ccc(S(=O)(=O)N[C@@H]2c3cc(C(=O)NCCCn4ccnc4)ccc3NC(C)(C)[C@H]2O)cc1. The maximum atomic E-state index is 13.2. The molecule has 2 atom stereocenters. The summed E-state index contributed by atoms with van der Waals surface area (Å²) in [6.45, 7) is 6.82. The molecule has 0 saturated carbocycles. The largest absolute Gasteiger partial charge is 0.389 e. The van der Waals surface area contributed by atoms with Crippen molar-refractivity contribution in [3.8, 4) is 0 Å². The molecule has 1 amide bonds. The van der Waals surface area contributed by atoms with E-state index in [1.54, 1.807) is 68.8 Å². The third-order valence-electron chi connectivity index (χ3n) is 6.52. The Balaban J connectivity index is 1.54. The molecule has 3 aromatic rings. The summed E-state index contributed by atoms with van der Waals surface area (Å²) in [6, 6.07) is 10.8. The van der Waals surface area contributed by atoms with Gasteiger partial charge in [-0.2, -0.15) is 0 Å². The summed E-state index contributed by atoms with van der Waals surface area (Å²) in [5.74, 6) is -0.264. The fourth-order valence-corrected chi connectivity index (χ4v) is 5.56. The molecule has 10 heteroatoms. The predicted octanol–water partition coefficient (Wildman–Crippen LogP) is 2.85. The lowest BCUT2D eigenvalue weighted by molar-refractivity contribution is 0.0769. The molecule has 2 heterocycles. The molecule has 2 aromatic carbocycles.